The Bertz CT molecular complexity index is 463. The van der Waals surface area contributed by atoms with Crippen molar-refractivity contribution in [2.24, 2.45) is 35.0 Å². The molecule has 116 valence electrons. The number of terminal acetylenes is 1. The second-order valence-corrected chi connectivity index (χ2v) is 8.94. The van der Waals surface area contributed by atoms with E-state index in [0.717, 1.165) is 36.5 Å². The van der Waals surface area contributed by atoms with E-state index in [0.29, 0.717) is 11.3 Å². The Kier molecular flexibility index (Phi) is 3.20. The summed E-state index contributed by atoms with van der Waals surface area (Å²) in [5, 5.41) is 10.5. The molecule has 0 unspecified atom stereocenters. The summed E-state index contributed by atoms with van der Waals surface area (Å²) in [7, 11) is 0. The molecular formula is C20H30O. The molecule has 1 nitrogen and oxygen atoms in total. The van der Waals surface area contributed by atoms with E-state index in [-0.39, 0.29) is 0 Å². The zero-order valence-corrected chi connectivity index (χ0v) is 13.5. The van der Waals surface area contributed by atoms with Crippen LogP contribution in [0.25, 0.3) is 0 Å². The number of hydrogen-bond acceptors (Lipinski definition) is 1. The van der Waals surface area contributed by atoms with Gasteiger partial charge in [0.1, 0.15) is 5.60 Å². The van der Waals surface area contributed by atoms with Crippen LogP contribution >= 0.6 is 0 Å². The zero-order chi connectivity index (χ0) is 14.7. The van der Waals surface area contributed by atoms with E-state index in [4.69, 9.17) is 6.42 Å². The van der Waals surface area contributed by atoms with Crippen molar-refractivity contribution in [3.63, 3.8) is 0 Å². The van der Waals surface area contributed by atoms with Gasteiger partial charge in [-0.25, -0.2) is 0 Å². The molecule has 0 aromatic carbocycles. The highest BCUT2D eigenvalue weighted by Gasteiger charge is 2.54. The summed E-state index contributed by atoms with van der Waals surface area (Å²) in [6, 6.07) is 0. The number of aliphatic hydroxyl groups is 1. The smallest absolute Gasteiger partial charge is 0.125 e. The molecule has 0 spiro atoms. The molecule has 4 rings (SSSR count). The Morgan fingerprint density at radius 2 is 1.76 bits per heavy atom. The minimum Gasteiger partial charge on any atom is -0.378 e. The molecule has 0 bridgehead atoms. The lowest BCUT2D eigenvalue weighted by molar-refractivity contribution is -0.0822. The highest BCUT2D eigenvalue weighted by molar-refractivity contribution is 5.12. The van der Waals surface area contributed by atoms with Crippen molar-refractivity contribution in [3.05, 3.63) is 0 Å². The Hall–Kier alpha value is -0.480. The van der Waals surface area contributed by atoms with Crippen LogP contribution in [0.4, 0.5) is 0 Å². The molecule has 0 aliphatic heterocycles. The van der Waals surface area contributed by atoms with Crippen molar-refractivity contribution >= 4 is 0 Å². The molecule has 0 heterocycles. The lowest BCUT2D eigenvalue weighted by Crippen LogP contribution is -2.49. The van der Waals surface area contributed by atoms with Gasteiger partial charge in [0, 0.05) is 0 Å². The van der Waals surface area contributed by atoms with Crippen LogP contribution in [0, 0.1) is 47.3 Å². The molecule has 0 aromatic heterocycles. The molecule has 4 aliphatic rings. The van der Waals surface area contributed by atoms with Gasteiger partial charge in [0.25, 0.3) is 0 Å². The summed E-state index contributed by atoms with van der Waals surface area (Å²) in [6.07, 6.45) is 18.6. The highest BCUT2D eigenvalue weighted by Crippen LogP contribution is 2.62. The Morgan fingerprint density at radius 1 is 0.952 bits per heavy atom. The third kappa shape index (κ3) is 2.09. The number of rotatable bonds is 0. The van der Waals surface area contributed by atoms with Gasteiger partial charge in [-0.1, -0.05) is 19.3 Å². The Balaban J connectivity index is 1.55. The number of hydrogen-bond donors (Lipinski definition) is 1. The molecule has 0 radical (unpaired) electrons. The van der Waals surface area contributed by atoms with E-state index >= 15 is 0 Å². The van der Waals surface area contributed by atoms with E-state index in [1.165, 1.54) is 51.4 Å². The maximum atomic E-state index is 10.5. The molecule has 21 heavy (non-hydrogen) atoms. The fraction of sp³-hybridized carbons (Fsp3) is 0.900. The van der Waals surface area contributed by atoms with Crippen molar-refractivity contribution in [1.29, 1.82) is 0 Å². The Morgan fingerprint density at radius 3 is 2.57 bits per heavy atom. The van der Waals surface area contributed by atoms with Crippen LogP contribution in [0.1, 0.15) is 71.1 Å². The lowest BCUT2D eigenvalue weighted by Gasteiger charge is -2.56. The Labute approximate surface area is 129 Å². The van der Waals surface area contributed by atoms with Gasteiger partial charge >= 0.3 is 0 Å². The first-order valence-electron chi connectivity index (χ1n) is 9.25. The fourth-order valence-corrected chi connectivity index (χ4v) is 7.00. The largest absolute Gasteiger partial charge is 0.378 e. The molecular weight excluding hydrogens is 256 g/mol. The summed E-state index contributed by atoms with van der Waals surface area (Å²) >= 11 is 0. The van der Waals surface area contributed by atoms with Crippen LogP contribution in [0.15, 0.2) is 0 Å². The first-order valence-corrected chi connectivity index (χ1v) is 9.25. The molecule has 1 heteroatoms. The van der Waals surface area contributed by atoms with E-state index in [2.05, 4.69) is 12.8 Å². The standard InChI is InChI=1S/C20H30O/c1-3-20(21)12-9-15-14(13-20)6-7-17-16(15)8-11-19(2)10-4-5-18(17)19/h1,14-18,21H,4-13H2,2H3/t14-,15+,16-,17-,18+,19+,20-/m1/s1. The molecule has 0 aromatic rings. The third-order valence-electron chi connectivity index (χ3n) is 8.06. The van der Waals surface area contributed by atoms with Crippen molar-refractivity contribution in [1.82, 2.24) is 0 Å². The predicted octanol–water partition coefficient (Wildman–Crippen LogP) is 4.39. The molecule has 0 saturated heterocycles. The molecule has 4 aliphatic carbocycles. The van der Waals surface area contributed by atoms with Gasteiger partial charge in [-0.3, -0.25) is 0 Å². The SMILES string of the molecule is C#C[C@@]1(O)CC[C@H]2[C@H](CC[C@@H]3[C@@H]2CC[C@]2(C)CCC[C@@H]32)C1. The first kappa shape index (κ1) is 14.1. The minimum absolute atomic E-state index is 0.669. The van der Waals surface area contributed by atoms with Gasteiger partial charge in [0.15, 0.2) is 0 Å². The first-order chi connectivity index (χ1) is 10.0. The van der Waals surface area contributed by atoms with Crippen LogP contribution in [0.3, 0.4) is 0 Å². The second kappa shape index (κ2) is 4.76. The summed E-state index contributed by atoms with van der Waals surface area (Å²) in [4.78, 5) is 0. The highest BCUT2D eigenvalue weighted by atomic mass is 16.3. The summed E-state index contributed by atoms with van der Waals surface area (Å²) in [5.74, 6) is 7.19. The van der Waals surface area contributed by atoms with E-state index in [9.17, 15) is 5.11 Å². The van der Waals surface area contributed by atoms with Gasteiger partial charge in [-0.15, -0.1) is 6.42 Å². The fourth-order valence-electron chi connectivity index (χ4n) is 7.00. The zero-order valence-electron chi connectivity index (χ0n) is 13.5. The van der Waals surface area contributed by atoms with Gasteiger partial charge in [-0.05, 0) is 92.8 Å². The third-order valence-corrected chi connectivity index (χ3v) is 8.06. The van der Waals surface area contributed by atoms with E-state index in [1.807, 2.05) is 0 Å². The van der Waals surface area contributed by atoms with Crippen molar-refractivity contribution in [2.45, 2.75) is 76.7 Å². The predicted molar refractivity (Wildman–Crippen MR) is 85.5 cm³/mol. The lowest BCUT2D eigenvalue weighted by atomic mass is 9.50. The van der Waals surface area contributed by atoms with E-state index < -0.39 is 5.60 Å². The van der Waals surface area contributed by atoms with Crippen LogP contribution in [-0.2, 0) is 0 Å². The average Bonchev–Trinajstić information content (AvgIpc) is 2.88. The quantitative estimate of drug-likeness (QED) is 0.655. The van der Waals surface area contributed by atoms with Gasteiger partial charge < -0.3 is 5.11 Å². The van der Waals surface area contributed by atoms with Gasteiger partial charge in [-0.2, -0.15) is 0 Å². The molecule has 7 atom stereocenters. The molecule has 1 N–H and O–H groups in total. The van der Waals surface area contributed by atoms with Gasteiger partial charge in [0.2, 0.25) is 0 Å². The normalized spacial score (nSPS) is 56.0. The monoisotopic (exact) mass is 286 g/mol. The topological polar surface area (TPSA) is 20.2 Å². The van der Waals surface area contributed by atoms with Crippen molar-refractivity contribution < 1.29 is 5.11 Å². The van der Waals surface area contributed by atoms with Gasteiger partial charge in [0.05, 0.1) is 0 Å². The maximum Gasteiger partial charge on any atom is 0.125 e. The van der Waals surface area contributed by atoms with Crippen LogP contribution < -0.4 is 0 Å². The number of fused-ring (bicyclic) bond motifs is 5. The molecule has 4 saturated carbocycles. The summed E-state index contributed by atoms with van der Waals surface area (Å²) in [5.41, 5.74) is -0.118. The van der Waals surface area contributed by atoms with Crippen molar-refractivity contribution in [2.75, 3.05) is 0 Å². The second-order valence-electron chi connectivity index (χ2n) is 8.94. The van der Waals surface area contributed by atoms with Crippen LogP contribution in [-0.4, -0.2) is 10.7 Å². The maximum absolute atomic E-state index is 10.5. The van der Waals surface area contributed by atoms with Crippen LogP contribution in [0.5, 0.6) is 0 Å². The summed E-state index contributed by atoms with van der Waals surface area (Å²) < 4.78 is 0. The molecule has 4 fully saturated rings. The van der Waals surface area contributed by atoms with Crippen LogP contribution in [0.2, 0.25) is 0 Å². The molecule has 0 amide bonds. The summed E-state index contributed by atoms with van der Waals surface area (Å²) in [6.45, 7) is 2.57. The van der Waals surface area contributed by atoms with Crippen molar-refractivity contribution in [3.8, 4) is 12.3 Å². The average molecular weight is 286 g/mol. The van der Waals surface area contributed by atoms with E-state index in [1.54, 1.807) is 0 Å². The minimum atomic E-state index is -0.787.